The molecule has 2 atom stereocenters. The summed E-state index contributed by atoms with van der Waals surface area (Å²) in [6.07, 6.45) is 1.31. The lowest BCUT2D eigenvalue weighted by molar-refractivity contribution is -0.143. The number of hydrogen-bond acceptors (Lipinski definition) is 4. The molecule has 2 amide bonds. The Labute approximate surface area is 212 Å². The summed E-state index contributed by atoms with van der Waals surface area (Å²) in [6.45, 7) is 10.3. The van der Waals surface area contributed by atoms with Crippen molar-refractivity contribution >= 4 is 27.7 Å². The van der Waals surface area contributed by atoms with Gasteiger partial charge in [0.05, 0.1) is 11.6 Å². The van der Waals surface area contributed by atoms with E-state index in [0.717, 1.165) is 22.2 Å². The molecule has 0 bridgehead atoms. The fourth-order valence-electron chi connectivity index (χ4n) is 3.50. The number of halogens is 1. The van der Waals surface area contributed by atoms with Gasteiger partial charge in [0, 0.05) is 12.6 Å². The summed E-state index contributed by atoms with van der Waals surface area (Å²) in [5.74, 6) is 1.32. The van der Waals surface area contributed by atoms with E-state index in [2.05, 4.69) is 35.1 Å². The zero-order chi connectivity index (χ0) is 25.3. The van der Waals surface area contributed by atoms with Crippen molar-refractivity contribution in [2.45, 2.75) is 72.0 Å². The zero-order valence-electron chi connectivity index (χ0n) is 21.1. The molecule has 186 valence electrons. The van der Waals surface area contributed by atoms with E-state index in [-0.39, 0.29) is 24.5 Å². The highest BCUT2D eigenvalue weighted by Gasteiger charge is 2.29. The molecule has 0 radical (unpaired) electrons. The van der Waals surface area contributed by atoms with Crippen LogP contribution < -0.4 is 14.8 Å². The van der Waals surface area contributed by atoms with E-state index in [1.54, 1.807) is 12.0 Å². The smallest absolute Gasteiger partial charge is 0.261 e. The summed E-state index contributed by atoms with van der Waals surface area (Å²) >= 11 is 3.54. The summed E-state index contributed by atoms with van der Waals surface area (Å²) in [4.78, 5) is 28.0. The highest BCUT2D eigenvalue weighted by atomic mass is 79.9. The monoisotopic (exact) mass is 532 g/mol. The predicted molar refractivity (Wildman–Crippen MR) is 139 cm³/mol. The first kappa shape index (κ1) is 27.7. The van der Waals surface area contributed by atoms with Crippen LogP contribution in [0.1, 0.15) is 64.5 Å². The van der Waals surface area contributed by atoms with E-state index in [9.17, 15) is 9.59 Å². The molecule has 6 nitrogen and oxygen atoms in total. The molecule has 0 heterocycles. The molecule has 0 saturated carbocycles. The Hall–Kier alpha value is -2.54. The van der Waals surface area contributed by atoms with Gasteiger partial charge in [0.15, 0.2) is 6.61 Å². The molecule has 2 aromatic rings. The molecule has 0 aliphatic carbocycles. The zero-order valence-corrected chi connectivity index (χ0v) is 22.6. The SMILES string of the molecule is CC[C@@H](C)NC(=O)[C@@H](CC)N(Cc1ccc(OC)cc1)C(=O)COc1ccc(C(C)C)cc1Br. The Morgan fingerprint density at radius 2 is 1.71 bits per heavy atom. The van der Waals surface area contributed by atoms with Crippen LogP contribution in [0.3, 0.4) is 0 Å². The van der Waals surface area contributed by atoms with Crippen molar-refractivity contribution in [3.63, 3.8) is 0 Å². The maximum atomic E-state index is 13.4. The van der Waals surface area contributed by atoms with Crippen LogP contribution >= 0.6 is 15.9 Å². The summed E-state index contributed by atoms with van der Waals surface area (Å²) in [7, 11) is 1.61. The molecule has 0 aromatic heterocycles. The van der Waals surface area contributed by atoms with Gasteiger partial charge in [-0.05, 0) is 77.0 Å². The highest BCUT2D eigenvalue weighted by molar-refractivity contribution is 9.10. The summed E-state index contributed by atoms with van der Waals surface area (Å²) in [6, 6.07) is 12.8. The van der Waals surface area contributed by atoms with E-state index < -0.39 is 6.04 Å². The van der Waals surface area contributed by atoms with Crippen LogP contribution in [-0.4, -0.2) is 42.5 Å². The van der Waals surface area contributed by atoms with Gasteiger partial charge in [-0.25, -0.2) is 0 Å². The van der Waals surface area contributed by atoms with E-state index in [1.807, 2.05) is 63.2 Å². The predicted octanol–water partition coefficient (Wildman–Crippen LogP) is 5.68. The van der Waals surface area contributed by atoms with E-state index >= 15 is 0 Å². The van der Waals surface area contributed by atoms with Crippen molar-refractivity contribution in [2.24, 2.45) is 0 Å². The number of rotatable bonds is 12. The molecular weight excluding hydrogens is 496 g/mol. The minimum Gasteiger partial charge on any atom is -0.497 e. The minimum absolute atomic E-state index is 0.0335. The fourth-order valence-corrected chi connectivity index (χ4v) is 4.01. The number of ether oxygens (including phenoxy) is 2. The third-order valence-electron chi connectivity index (χ3n) is 5.87. The number of benzene rings is 2. The second kappa shape index (κ2) is 13.4. The Morgan fingerprint density at radius 1 is 1.03 bits per heavy atom. The first-order valence-electron chi connectivity index (χ1n) is 11.8. The molecule has 0 unspecified atom stereocenters. The number of amides is 2. The number of methoxy groups -OCH3 is 1. The lowest BCUT2D eigenvalue weighted by Crippen LogP contribution is -2.51. The van der Waals surface area contributed by atoms with Gasteiger partial charge in [-0.3, -0.25) is 9.59 Å². The molecule has 0 aliphatic heterocycles. The standard InChI is InChI=1S/C27H37BrN2O4/c1-7-19(5)29-27(32)24(8-2)30(16-20-9-12-22(33-6)13-10-20)26(31)17-34-25-14-11-21(18(3)4)15-23(25)28/h9-15,18-19,24H,7-8,16-17H2,1-6H3,(H,29,32)/t19-,24-/m1/s1. The molecule has 0 spiro atoms. The van der Waals surface area contributed by atoms with Gasteiger partial charge in [0.2, 0.25) is 5.91 Å². The fraction of sp³-hybridized carbons (Fsp3) is 0.481. The first-order valence-corrected chi connectivity index (χ1v) is 12.6. The lowest BCUT2D eigenvalue weighted by Gasteiger charge is -2.31. The molecule has 0 fully saturated rings. The number of carbonyl (C=O) groups is 2. The third kappa shape index (κ3) is 7.76. The van der Waals surface area contributed by atoms with Crippen LogP contribution in [0.4, 0.5) is 0 Å². The van der Waals surface area contributed by atoms with Crippen molar-refractivity contribution < 1.29 is 19.1 Å². The van der Waals surface area contributed by atoms with Gasteiger partial charge in [0.25, 0.3) is 5.91 Å². The molecule has 1 N–H and O–H groups in total. The molecule has 2 aromatic carbocycles. The van der Waals surface area contributed by atoms with Gasteiger partial charge in [-0.15, -0.1) is 0 Å². The summed E-state index contributed by atoms with van der Waals surface area (Å²) in [5.41, 5.74) is 2.09. The number of carbonyl (C=O) groups excluding carboxylic acids is 2. The van der Waals surface area contributed by atoms with Crippen LogP contribution in [0.25, 0.3) is 0 Å². The molecule has 7 heteroatoms. The normalized spacial score (nSPS) is 12.7. The Balaban J connectivity index is 2.23. The quantitative estimate of drug-likeness (QED) is 0.381. The van der Waals surface area contributed by atoms with Crippen LogP contribution in [-0.2, 0) is 16.1 Å². The van der Waals surface area contributed by atoms with Crippen molar-refractivity contribution in [3.05, 3.63) is 58.1 Å². The maximum Gasteiger partial charge on any atom is 0.261 e. The van der Waals surface area contributed by atoms with Crippen LogP contribution in [0.5, 0.6) is 11.5 Å². The minimum atomic E-state index is -0.598. The second-order valence-electron chi connectivity index (χ2n) is 8.74. The van der Waals surface area contributed by atoms with Gasteiger partial charge in [0.1, 0.15) is 17.5 Å². The number of nitrogens with zero attached hydrogens (tertiary/aromatic N) is 1. The van der Waals surface area contributed by atoms with Crippen molar-refractivity contribution in [3.8, 4) is 11.5 Å². The van der Waals surface area contributed by atoms with Crippen LogP contribution in [0, 0.1) is 0 Å². The number of nitrogens with one attached hydrogen (secondary N) is 1. The topological polar surface area (TPSA) is 67.9 Å². The largest absolute Gasteiger partial charge is 0.497 e. The van der Waals surface area contributed by atoms with Crippen LogP contribution in [0.2, 0.25) is 0 Å². The van der Waals surface area contributed by atoms with E-state index in [4.69, 9.17) is 9.47 Å². The van der Waals surface area contributed by atoms with E-state index in [1.165, 1.54) is 5.56 Å². The van der Waals surface area contributed by atoms with Crippen molar-refractivity contribution in [2.75, 3.05) is 13.7 Å². The van der Waals surface area contributed by atoms with Gasteiger partial charge in [-0.1, -0.05) is 45.9 Å². The Morgan fingerprint density at radius 3 is 2.24 bits per heavy atom. The average Bonchev–Trinajstić information content (AvgIpc) is 2.83. The van der Waals surface area contributed by atoms with Crippen molar-refractivity contribution in [1.29, 1.82) is 0 Å². The highest BCUT2D eigenvalue weighted by Crippen LogP contribution is 2.29. The molecule has 0 aliphatic rings. The first-order chi connectivity index (χ1) is 16.2. The summed E-state index contributed by atoms with van der Waals surface area (Å²) in [5, 5.41) is 3.02. The summed E-state index contributed by atoms with van der Waals surface area (Å²) < 4.78 is 11.9. The molecule has 34 heavy (non-hydrogen) atoms. The van der Waals surface area contributed by atoms with Gasteiger partial charge >= 0.3 is 0 Å². The number of hydrogen-bond donors (Lipinski definition) is 1. The average molecular weight is 534 g/mol. The second-order valence-corrected chi connectivity index (χ2v) is 9.60. The molecular formula is C27H37BrN2O4. The maximum absolute atomic E-state index is 13.4. The van der Waals surface area contributed by atoms with Gasteiger partial charge < -0.3 is 19.7 Å². The van der Waals surface area contributed by atoms with Crippen LogP contribution in [0.15, 0.2) is 46.9 Å². The van der Waals surface area contributed by atoms with E-state index in [0.29, 0.717) is 24.6 Å². The van der Waals surface area contributed by atoms with Gasteiger partial charge in [-0.2, -0.15) is 0 Å². The Bertz CT molecular complexity index is 946. The molecule has 0 saturated heterocycles. The third-order valence-corrected chi connectivity index (χ3v) is 6.49. The Kier molecular flexibility index (Phi) is 10.9. The van der Waals surface area contributed by atoms with Crippen molar-refractivity contribution in [1.82, 2.24) is 10.2 Å². The molecule has 2 rings (SSSR count). The lowest BCUT2D eigenvalue weighted by atomic mass is 10.0.